The van der Waals surface area contributed by atoms with Gasteiger partial charge in [0, 0.05) is 18.4 Å². The Balaban J connectivity index is 1.96. The van der Waals surface area contributed by atoms with Crippen molar-refractivity contribution < 1.29 is 22.5 Å². The molecule has 0 saturated heterocycles. The van der Waals surface area contributed by atoms with E-state index in [0.29, 0.717) is 13.0 Å². The van der Waals surface area contributed by atoms with Gasteiger partial charge < -0.3 is 15.4 Å². The van der Waals surface area contributed by atoms with Crippen LogP contribution in [0.25, 0.3) is 0 Å². The number of rotatable bonds is 8. The monoisotopic (exact) mass is 401 g/mol. The maximum absolute atomic E-state index is 12.2. The molecule has 28 heavy (non-hydrogen) atoms. The number of anilines is 1. The van der Waals surface area contributed by atoms with Gasteiger partial charge in [-0.25, -0.2) is 0 Å². The normalized spacial score (nSPS) is 11.4. The molecule has 0 aliphatic heterocycles. The second-order valence-corrected chi connectivity index (χ2v) is 7.10. The minimum Gasteiger partial charge on any atom is -0.497 e. The first-order valence-corrected chi connectivity index (χ1v) is 9.63. The van der Waals surface area contributed by atoms with Crippen LogP contribution in [0.4, 0.5) is 5.69 Å². The number of carbonyl (C=O) groups is 1. The van der Waals surface area contributed by atoms with Gasteiger partial charge in [-0.05, 0) is 42.3 Å². The third-order valence-corrected chi connectivity index (χ3v) is 4.54. The first-order valence-electron chi connectivity index (χ1n) is 8.19. The van der Waals surface area contributed by atoms with Gasteiger partial charge in [0.05, 0.1) is 12.0 Å². The molecule has 0 spiro atoms. The van der Waals surface area contributed by atoms with Crippen LogP contribution in [0.5, 0.6) is 5.75 Å². The third kappa shape index (κ3) is 6.12. The van der Waals surface area contributed by atoms with Crippen LogP contribution < -0.4 is 15.4 Å². The molecule has 0 unspecified atom stereocenters. The molecule has 0 saturated carbocycles. The van der Waals surface area contributed by atoms with Gasteiger partial charge in [0.15, 0.2) is 0 Å². The van der Waals surface area contributed by atoms with Gasteiger partial charge in [-0.3, -0.25) is 9.35 Å². The summed E-state index contributed by atoms with van der Waals surface area (Å²) in [6.45, 7) is 0.490. The lowest BCUT2D eigenvalue weighted by Gasteiger charge is -2.07. The average molecular weight is 401 g/mol. The number of methoxy groups -OCH3 is 1. The van der Waals surface area contributed by atoms with Gasteiger partial charge in [0.25, 0.3) is 16.0 Å². The maximum Gasteiger partial charge on any atom is 0.294 e. The Bertz CT molecular complexity index is 1030. The zero-order chi connectivity index (χ0) is 20.6. The molecule has 9 heteroatoms. The number of hydrogen-bond acceptors (Lipinski definition) is 6. The molecule has 0 bridgehead atoms. The number of nitriles is 1. The summed E-state index contributed by atoms with van der Waals surface area (Å²) in [5.74, 6) is 0.0427. The summed E-state index contributed by atoms with van der Waals surface area (Å²) >= 11 is 0. The van der Waals surface area contributed by atoms with Gasteiger partial charge in [-0.1, -0.05) is 18.2 Å². The predicted octanol–water partition coefficient (Wildman–Crippen LogP) is 2.12. The summed E-state index contributed by atoms with van der Waals surface area (Å²) in [7, 11) is -2.80. The fourth-order valence-electron chi connectivity index (χ4n) is 2.30. The van der Waals surface area contributed by atoms with Crippen LogP contribution in [0.2, 0.25) is 0 Å². The molecule has 2 rings (SSSR count). The molecule has 2 aromatic carbocycles. The van der Waals surface area contributed by atoms with Gasteiger partial charge in [-0.15, -0.1) is 0 Å². The average Bonchev–Trinajstić information content (AvgIpc) is 2.67. The highest BCUT2D eigenvalue weighted by molar-refractivity contribution is 7.85. The van der Waals surface area contributed by atoms with Crippen molar-refractivity contribution in [2.24, 2.45) is 0 Å². The molecule has 8 nitrogen and oxygen atoms in total. The van der Waals surface area contributed by atoms with Crippen molar-refractivity contribution in [2.75, 3.05) is 19.0 Å². The van der Waals surface area contributed by atoms with Crippen LogP contribution >= 0.6 is 0 Å². The molecule has 3 N–H and O–H groups in total. The van der Waals surface area contributed by atoms with Crippen molar-refractivity contribution >= 4 is 21.7 Å². The van der Waals surface area contributed by atoms with E-state index in [2.05, 4.69) is 10.6 Å². The Labute approximate surface area is 163 Å². The van der Waals surface area contributed by atoms with Crippen LogP contribution in [0.1, 0.15) is 5.56 Å². The number of hydrogen-bond donors (Lipinski definition) is 3. The predicted molar refractivity (Wildman–Crippen MR) is 103 cm³/mol. The van der Waals surface area contributed by atoms with Crippen molar-refractivity contribution in [1.82, 2.24) is 5.32 Å². The highest BCUT2D eigenvalue weighted by atomic mass is 32.2. The van der Waals surface area contributed by atoms with Gasteiger partial charge in [0.2, 0.25) is 0 Å². The zero-order valence-corrected chi connectivity index (χ0v) is 15.9. The topological polar surface area (TPSA) is 129 Å². The van der Waals surface area contributed by atoms with Gasteiger partial charge in [0.1, 0.15) is 17.4 Å². The number of benzene rings is 2. The molecule has 0 fully saturated rings. The summed E-state index contributed by atoms with van der Waals surface area (Å²) < 4.78 is 36.5. The molecule has 0 atom stereocenters. The fraction of sp³-hybridized carbons (Fsp3) is 0.158. The molecule has 0 aliphatic carbocycles. The summed E-state index contributed by atoms with van der Waals surface area (Å²) in [6.07, 6.45) is 1.95. The molecule has 0 aliphatic rings. The smallest absolute Gasteiger partial charge is 0.294 e. The Morgan fingerprint density at radius 3 is 2.68 bits per heavy atom. The minimum absolute atomic E-state index is 0.137. The van der Waals surface area contributed by atoms with Crippen LogP contribution in [-0.4, -0.2) is 32.5 Å². The maximum atomic E-state index is 12.2. The lowest BCUT2D eigenvalue weighted by atomic mass is 10.1. The Morgan fingerprint density at radius 2 is 2.00 bits per heavy atom. The van der Waals surface area contributed by atoms with Crippen molar-refractivity contribution in [2.45, 2.75) is 11.3 Å². The van der Waals surface area contributed by atoms with E-state index in [9.17, 15) is 18.5 Å². The molecule has 2 aromatic rings. The number of nitrogens with zero attached hydrogens (tertiary/aromatic N) is 1. The van der Waals surface area contributed by atoms with E-state index in [1.54, 1.807) is 13.2 Å². The number of nitrogens with one attached hydrogen (secondary N) is 2. The highest BCUT2D eigenvalue weighted by Gasteiger charge is 2.13. The molecule has 146 valence electrons. The lowest BCUT2D eigenvalue weighted by molar-refractivity contribution is -0.112. The molecule has 1 amide bonds. The lowest BCUT2D eigenvalue weighted by Crippen LogP contribution is -2.18. The van der Waals surface area contributed by atoms with E-state index in [4.69, 9.17) is 9.29 Å². The van der Waals surface area contributed by atoms with Gasteiger partial charge in [-0.2, -0.15) is 13.7 Å². The number of amides is 1. The van der Waals surface area contributed by atoms with E-state index < -0.39 is 16.0 Å². The molecule has 0 radical (unpaired) electrons. The number of ether oxygens (including phenoxy) is 1. The van der Waals surface area contributed by atoms with Crippen molar-refractivity contribution in [3.8, 4) is 11.8 Å². The molecule has 0 heterocycles. The van der Waals surface area contributed by atoms with Crippen molar-refractivity contribution in [3.63, 3.8) is 0 Å². The first-order chi connectivity index (χ1) is 13.3. The molecule has 0 aromatic heterocycles. The second-order valence-electron chi connectivity index (χ2n) is 5.68. The summed E-state index contributed by atoms with van der Waals surface area (Å²) in [6, 6.07) is 14.4. The zero-order valence-electron chi connectivity index (χ0n) is 15.0. The van der Waals surface area contributed by atoms with E-state index >= 15 is 0 Å². The summed E-state index contributed by atoms with van der Waals surface area (Å²) in [5, 5.41) is 14.5. The SMILES string of the molecule is COc1cccc(CCN/C=C(/C#N)C(=O)Nc2cccc(S(=O)(=O)O)c2)c1. The second kappa shape index (κ2) is 9.55. The first kappa shape index (κ1) is 21.0. The molecular formula is C19H19N3O5S. The molecular weight excluding hydrogens is 382 g/mol. The number of carbonyl (C=O) groups excluding carboxylic acids is 1. The van der Waals surface area contributed by atoms with Crippen molar-refractivity contribution in [1.29, 1.82) is 5.26 Å². The quantitative estimate of drug-likeness (QED) is 0.267. The fourth-order valence-corrected chi connectivity index (χ4v) is 2.83. The Morgan fingerprint density at radius 1 is 1.25 bits per heavy atom. The third-order valence-electron chi connectivity index (χ3n) is 3.69. The van der Waals surface area contributed by atoms with Crippen LogP contribution in [-0.2, 0) is 21.3 Å². The van der Waals surface area contributed by atoms with E-state index in [1.165, 1.54) is 24.4 Å². The van der Waals surface area contributed by atoms with E-state index in [0.717, 1.165) is 17.4 Å². The Kier molecular flexibility index (Phi) is 7.14. The van der Waals surface area contributed by atoms with Crippen LogP contribution in [0, 0.1) is 11.3 Å². The van der Waals surface area contributed by atoms with Crippen LogP contribution in [0.3, 0.4) is 0 Å². The largest absolute Gasteiger partial charge is 0.497 e. The summed E-state index contributed by atoms with van der Waals surface area (Å²) in [5.41, 5.74) is 0.991. The standard InChI is InChI=1S/C19H19N3O5S/c1-27-17-6-2-4-14(10-17)8-9-21-13-15(12-20)19(23)22-16-5-3-7-18(11-16)28(24,25)26/h2-7,10-11,13,21H,8-9H2,1H3,(H,22,23)(H,24,25,26)/b15-13-. The van der Waals surface area contributed by atoms with E-state index in [-0.39, 0.29) is 16.2 Å². The van der Waals surface area contributed by atoms with Gasteiger partial charge >= 0.3 is 0 Å². The Hall–Kier alpha value is -3.35. The minimum atomic E-state index is -4.39. The van der Waals surface area contributed by atoms with Crippen LogP contribution in [0.15, 0.2) is 65.2 Å². The van der Waals surface area contributed by atoms with E-state index in [1.807, 2.05) is 24.3 Å². The highest BCUT2D eigenvalue weighted by Crippen LogP contribution is 2.16. The van der Waals surface area contributed by atoms with Crippen molar-refractivity contribution in [3.05, 3.63) is 65.9 Å². The summed E-state index contributed by atoms with van der Waals surface area (Å²) in [4.78, 5) is 11.8.